The van der Waals surface area contributed by atoms with Gasteiger partial charge >= 0.3 is 0 Å². The fourth-order valence-corrected chi connectivity index (χ4v) is 5.81. The molecule has 4 atom stereocenters. The maximum absolute atomic E-state index is 13.7. The molecular formula is C26H30N4O5. The molecule has 2 saturated heterocycles. The summed E-state index contributed by atoms with van der Waals surface area (Å²) in [7, 11) is 0. The Balaban J connectivity index is 1.28. The Morgan fingerprint density at radius 2 is 1.94 bits per heavy atom. The molecule has 2 aromatic rings. The van der Waals surface area contributed by atoms with Gasteiger partial charge in [-0.25, -0.2) is 0 Å². The van der Waals surface area contributed by atoms with Crippen LogP contribution < -0.4 is 15.8 Å². The average molecular weight is 479 g/mol. The molecule has 4 heterocycles. The molecule has 1 aromatic carbocycles. The van der Waals surface area contributed by atoms with Crippen LogP contribution in [0.3, 0.4) is 0 Å². The molecule has 0 aliphatic carbocycles. The zero-order valence-corrected chi connectivity index (χ0v) is 19.5. The number of piperidine rings is 1. The number of carbonyl (C=O) groups excluding carboxylic acids is 3. The molecular weight excluding hydrogens is 448 g/mol. The molecule has 35 heavy (non-hydrogen) atoms. The first kappa shape index (κ1) is 23.3. The summed E-state index contributed by atoms with van der Waals surface area (Å²) in [5.41, 5.74) is 6.50. The van der Waals surface area contributed by atoms with Crippen molar-refractivity contribution in [3.8, 4) is 5.75 Å². The van der Waals surface area contributed by atoms with E-state index in [2.05, 4.69) is 10.3 Å². The molecule has 3 N–H and O–H groups in total. The van der Waals surface area contributed by atoms with Gasteiger partial charge in [-0.1, -0.05) is 24.6 Å². The van der Waals surface area contributed by atoms with Gasteiger partial charge in [0.1, 0.15) is 11.7 Å². The number of ether oxygens (including phenoxy) is 2. The highest BCUT2D eigenvalue weighted by molar-refractivity contribution is 6.02. The number of rotatable bonds is 8. The maximum Gasteiger partial charge on any atom is 0.238 e. The quantitative estimate of drug-likeness (QED) is 0.444. The number of pyridine rings is 1. The number of likely N-dealkylation sites (tertiary alicyclic amines) is 1. The summed E-state index contributed by atoms with van der Waals surface area (Å²) in [5, 5.41) is 2.85. The second kappa shape index (κ2) is 9.65. The van der Waals surface area contributed by atoms with Crippen LogP contribution in [0.2, 0.25) is 0 Å². The van der Waals surface area contributed by atoms with E-state index in [4.69, 9.17) is 15.2 Å². The molecule has 9 nitrogen and oxygen atoms in total. The number of nitrogens with two attached hydrogens (primary N) is 1. The summed E-state index contributed by atoms with van der Waals surface area (Å²) < 4.78 is 12.4. The van der Waals surface area contributed by atoms with Crippen LogP contribution in [-0.4, -0.2) is 53.1 Å². The van der Waals surface area contributed by atoms with Crippen LogP contribution in [0.5, 0.6) is 5.75 Å². The number of nitrogens with zero attached hydrogens (tertiary/aromatic N) is 2. The van der Waals surface area contributed by atoms with Crippen molar-refractivity contribution in [3.63, 3.8) is 0 Å². The second-order valence-corrected chi connectivity index (χ2v) is 9.41. The summed E-state index contributed by atoms with van der Waals surface area (Å²) in [6, 6.07) is 11.1. The number of carbonyl (C=O) groups is 3. The Morgan fingerprint density at radius 3 is 2.74 bits per heavy atom. The number of amides is 3. The van der Waals surface area contributed by atoms with Crippen molar-refractivity contribution >= 4 is 23.4 Å². The molecule has 1 aromatic heterocycles. The van der Waals surface area contributed by atoms with Crippen LogP contribution in [0.4, 0.5) is 5.69 Å². The summed E-state index contributed by atoms with van der Waals surface area (Å²) in [4.78, 5) is 44.1. The van der Waals surface area contributed by atoms with E-state index >= 15 is 0 Å². The summed E-state index contributed by atoms with van der Waals surface area (Å²) in [6.45, 7) is 1.31. The fourth-order valence-electron chi connectivity index (χ4n) is 5.81. The van der Waals surface area contributed by atoms with Crippen LogP contribution in [0.15, 0.2) is 48.8 Å². The number of benzene rings is 1. The van der Waals surface area contributed by atoms with Gasteiger partial charge in [0, 0.05) is 43.4 Å². The van der Waals surface area contributed by atoms with Crippen LogP contribution in [0, 0.1) is 11.8 Å². The number of para-hydroxylation sites is 1. The third-order valence-corrected chi connectivity index (χ3v) is 7.38. The fraction of sp³-hybridized carbons (Fsp3) is 0.462. The summed E-state index contributed by atoms with van der Waals surface area (Å²) in [5.74, 6) is -1.74. The number of anilines is 1. The van der Waals surface area contributed by atoms with Crippen molar-refractivity contribution in [1.29, 1.82) is 0 Å². The van der Waals surface area contributed by atoms with Gasteiger partial charge in [-0.2, -0.15) is 0 Å². The van der Waals surface area contributed by atoms with E-state index in [1.165, 1.54) is 0 Å². The first-order chi connectivity index (χ1) is 17.0. The monoisotopic (exact) mass is 478 g/mol. The Kier molecular flexibility index (Phi) is 6.42. The first-order valence-electron chi connectivity index (χ1n) is 12.2. The molecule has 9 heteroatoms. The molecule has 4 unspecified atom stereocenters. The molecule has 0 spiro atoms. The van der Waals surface area contributed by atoms with Gasteiger partial charge in [-0.15, -0.1) is 0 Å². The maximum atomic E-state index is 13.7. The molecule has 3 aliphatic heterocycles. The highest BCUT2D eigenvalue weighted by Gasteiger charge is 2.64. The molecule has 0 radical (unpaired) electrons. The van der Waals surface area contributed by atoms with Crippen molar-refractivity contribution in [2.24, 2.45) is 17.6 Å². The summed E-state index contributed by atoms with van der Waals surface area (Å²) in [6.07, 6.45) is 6.30. The number of hydrogen-bond acceptors (Lipinski definition) is 6. The predicted octanol–water partition coefficient (Wildman–Crippen LogP) is 2.43. The van der Waals surface area contributed by atoms with Gasteiger partial charge in [0.25, 0.3) is 0 Å². The minimum absolute atomic E-state index is 0.0582. The Hall–Kier alpha value is -3.46. The largest absolute Gasteiger partial charge is 0.467 e. The standard InChI is InChI=1S/C26H30N4O5/c27-24(32)23-22-18-6-3-4-7-20(18)35-26(11-15-34-16-19(22)26)30(25(23)33)14-5-1-2-8-21(31)29-17-9-12-28-13-10-17/h3-4,6-7,9-10,12-13,19,22-23H,1-2,5,8,11,14-16H2,(H2,27,32)(H,28,29,31). The zero-order valence-electron chi connectivity index (χ0n) is 19.5. The number of nitrogens with one attached hydrogen (secondary N) is 1. The Bertz CT molecular complexity index is 1110. The van der Waals surface area contributed by atoms with Crippen molar-refractivity contribution in [1.82, 2.24) is 9.88 Å². The highest BCUT2D eigenvalue weighted by atomic mass is 16.5. The Labute approximate surface area is 204 Å². The lowest BCUT2D eigenvalue weighted by Gasteiger charge is -2.60. The van der Waals surface area contributed by atoms with Gasteiger partial charge in [0.15, 0.2) is 5.72 Å². The molecule has 184 valence electrons. The van der Waals surface area contributed by atoms with Crippen LogP contribution in [0.1, 0.15) is 43.6 Å². The van der Waals surface area contributed by atoms with Crippen molar-refractivity contribution < 1.29 is 23.9 Å². The molecule has 5 rings (SSSR count). The van der Waals surface area contributed by atoms with Gasteiger partial charge in [0.2, 0.25) is 17.7 Å². The number of fused-ring (bicyclic) bond motifs is 2. The second-order valence-electron chi connectivity index (χ2n) is 9.41. The van der Waals surface area contributed by atoms with E-state index in [1.807, 2.05) is 24.3 Å². The van der Waals surface area contributed by atoms with Gasteiger partial charge in [-0.05, 0) is 36.6 Å². The minimum atomic E-state index is -0.953. The molecule has 2 fully saturated rings. The van der Waals surface area contributed by atoms with E-state index in [0.717, 1.165) is 17.7 Å². The lowest BCUT2D eigenvalue weighted by molar-refractivity contribution is -0.227. The van der Waals surface area contributed by atoms with Crippen LogP contribution in [0.25, 0.3) is 0 Å². The predicted molar refractivity (Wildman–Crippen MR) is 127 cm³/mol. The lowest BCUT2D eigenvalue weighted by atomic mass is 9.64. The minimum Gasteiger partial charge on any atom is -0.467 e. The van der Waals surface area contributed by atoms with Crippen LogP contribution >= 0.6 is 0 Å². The average Bonchev–Trinajstić information content (AvgIpc) is 2.85. The Morgan fingerprint density at radius 1 is 1.14 bits per heavy atom. The smallest absolute Gasteiger partial charge is 0.238 e. The van der Waals surface area contributed by atoms with Crippen molar-refractivity contribution in [2.75, 3.05) is 25.1 Å². The topological polar surface area (TPSA) is 124 Å². The zero-order chi connectivity index (χ0) is 24.4. The van der Waals surface area contributed by atoms with E-state index in [-0.39, 0.29) is 23.7 Å². The van der Waals surface area contributed by atoms with E-state index in [1.54, 1.807) is 29.4 Å². The lowest BCUT2D eigenvalue weighted by Crippen LogP contribution is -2.72. The molecule has 3 amide bonds. The molecule has 0 saturated carbocycles. The number of primary amides is 1. The SMILES string of the molecule is NC(=O)C1C(=O)N(CCCCCC(=O)Nc2ccncc2)C23CCOCC2C1c1ccccc1O3. The summed E-state index contributed by atoms with van der Waals surface area (Å²) >= 11 is 0. The normalized spacial score (nSPS) is 26.8. The third-order valence-electron chi connectivity index (χ3n) is 7.38. The van der Waals surface area contributed by atoms with Crippen LogP contribution in [-0.2, 0) is 19.1 Å². The first-order valence-corrected chi connectivity index (χ1v) is 12.2. The van der Waals surface area contributed by atoms with E-state index in [9.17, 15) is 14.4 Å². The van der Waals surface area contributed by atoms with Gasteiger partial charge < -0.3 is 25.4 Å². The molecule has 3 aliphatic rings. The highest BCUT2D eigenvalue weighted by Crippen LogP contribution is 2.56. The van der Waals surface area contributed by atoms with E-state index in [0.29, 0.717) is 51.2 Å². The number of hydrogen-bond donors (Lipinski definition) is 2. The van der Waals surface area contributed by atoms with Crippen molar-refractivity contribution in [2.45, 2.75) is 43.7 Å². The van der Waals surface area contributed by atoms with Gasteiger partial charge in [-0.3, -0.25) is 19.4 Å². The number of unbranched alkanes of at least 4 members (excludes halogenated alkanes) is 2. The molecule has 2 bridgehead atoms. The van der Waals surface area contributed by atoms with E-state index < -0.39 is 17.6 Å². The third kappa shape index (κ3) is 4.25. The van der Waals surface area contributed by atoms with Crippen molar-refractivity contribution in [3.05, 3.63) is 54.4 Å². The van der Waals surface area contributed by atoms with Gasteiger partial charge in [0.05, 0.1) is 19.1 Å². The number of aromatic nitrogens is 1.